The van der Waals surface area contributed by atoms with Gasteiger partial charge in [0.1, 0.15) is 0 Å². The molecule has 10 rings (SSSR count). The Hall–Kier alpha value is -6.17. The molecular weight excluding hydrogens is 605 g/mol. The molecule has 0 amide bonds. The third-order valence-electron chi connectivity index (χ3n) is 9.23. The van der Waals surface area contributed by atoms with Crippen molar-refractivity contribution >= 4 is 64.1 Å². The van der Waals surface area contributed by atoms with E-state index in [1.165, 1.54) is 58.4 Å². The van der Waals surface area contributed by atoms with Crippen LogP contribution in [0.15, 0.2) is 158 Å². The van der Waals surface area contributed by atoms with Crippen LogP contribution < -0.4 is 0 Å². The van der Waals surface area contributed by atoms with Gasteiger partial charge >= 0.3 is 0 Å². The second-order valence-electron chi connectivity index (χ2n) is 12.0. The number of para-hydroxylation sites is 1. The zero-order valence-corrected chi connectivity index (χ0v) is 26.5. The van der Waals surface area contributed by atoms with Crippen LogP contribution in [0, 0.1) is 0 Å². The maximum Gasteiger partial charge on any atom is 0.164 e. The predicted octanol–water partition coefficient (Wildman–Crippen LogP) is 11.5. The fourth-order valence-corrected chi connectivity index (χ4v) is 8.22. The van der Waals surface area contributed by atoms with E-state index in [0.29, 0.717) is 17.5 Å². The van der Waals surface area contributed by atoms with Crippen molar-refractivity contribution in [1.82, 2.24) is 19.5 Å². The average Bonchev–Trinajstić information content (AvgIpc) is 3.71. The van der Waals surface area contributed by atoms with E-state index in [9.17, 15) is 0 Å². The molecule has 48 heavy (non-hydrogen) atoms. The first-order chi connectivity index (χ1) is 23.8. The molecule has 0 aliphatic rings. The first-order valence-corrected chi connectivity index (χ1v) is 16.9. The fraction of sp³-hybridized carbons (Fsp3) is 0. The molecule has 5 heteroatoms. The molecule has 0 spiro atoms. The molecule has 4 nitrogen and oxygen atoms in total. The maximum atomic E-state index is 4.99. The van der Waals surface area contributed by atoms with Gasteiger partial charge in [-0.15, -0.1) is 11.3 Å². The van der Waals surface area contributed by atoms with Gasteiger partial charge in [-0.3, -0.25) is 0 Å². The number of aromatic nitrogens is 4. The van der Waals surface area contributed by atoms with Gasteiger partial charge in [-0.1, -0.05) is 133 Å². The molecule has 0 aliphatic heterocycles. The van der Waals surface area contributed by atoms with Gasteiger partial charge in [-0.05, 0) is 29.7 Å². The van der Waals surface area contributed by atoms with Gasteiger partial charge in [-0.25, -0.2) is 15.0 Å². The van der Waals surface area contributed by atoms with Crippen LogP contribution in [0.4, 0.5) is 0 Å². The first kappa shape index (κ1) is 27.0. The minimum atomic E-state index is 0.663. The van der Waals surface area contributed by atoms with E-state index in [2.05, 4.69) is 102 Å². The second kappa shape index (κ2) is 10.7. The Bertz CT molecular complexity index is 2780. The highest BCUT2D eigenvalue weighted by molar-refractivity contribution is 7.26. The molecule has 0 aliphatic carbocycles. The molecule has 0 saturated carbocycles. The molecule has 0 bridgehead atoms. The predicted molar refractivity (Wildman–Crippen MR) is 201 cm³/mol. The molecule has 0 saturated heterocycles. The van der Waals surface area contributed by atoms with Crippen molar-refractivity contribution in [2.45, 2.75) is 0 Å². The Morgan fingerprint density at radius 1 is 0.417 bits per heavy atom. The smallest absolute Gasteiger partial charge is 0.164 e. The molecule has 0 N–H and O–H groups in total. The minimum Gasteiger partial charge on any atom is -0.308 e. The quantitative estimate of drug-likeness (QED) is 0.194. The molecular formula is C43H26N4S. The van der Waals surface area contributed by atoms with Crippen LogP contribution in [-0.2, 0) is 0 Å². The second-order valence-corrected chi connectivity index (χ2v) is 13.1. The normalized spacial score (nSPS) is 11.8. The molecule has 3 heterocycles. The number of fused-ring (bicyclic) bond motifs is 8. The van der Waals surface area contributed by atoms with E-state index >= 15 is 0 Å². The van der Waals surface area contributed by atoms with Crippen molar-refractivity contribution in [3.63, 3.8) is 0 Å². The third kappa shape index (κ3) is 4.18. The highest BCUT2D eigenvalue weighted by Crippen LogP contribution is 2.43. The lowest BCUT2D eigenvalue weighted by molar-refractivity contribution is 1.07. The summed E-state index contributed by atoms with van der Waals surface area (Å²) >= 11 is 1.81. The van der Waals surface area contributed by atoms with Gasteiger partial charge in [-0.2, -0.15) is 0 Å². The van der Waals surface area contributed by atoms with Gasteiger partial charge in [0.25, 0.3) is 0 Å². The summed E-state index contributed by atoms with van der Waals surface area (Å²) in [7, 11) is 0. The van der Waals surface area contributed by atoms with Gasteiger partial charge in [0, 0.05) is 53.0 Å². The molecule has 0 unspecified atom stereocenters. The highest BCUT2D eigenvalue weighted by Gasteiger charge is 2.19. The van der Waals surface area contributed by atoms with Gasteiger partial charge < -0.3 is 4.57 Å². The molecule has 10 aromatic rings. The van der Waals surface area contributed by atoms with Crippen molar-refractivity contribution in [2.75, 3.05) is 0 Å². The Kier molecular flexibility index (Phi) is 6.01. The zero-order chi connectivity index (χ0) is 31.6. The largest absolute Gasteiger partial charge is 0.308 e. The standard InChI is InChI=1S/C43H26N4S/c1-3-13-28(14-4-1)41-44-42(29-15-5-2-6-16-29)46-43(45-41)30-23-25-34-38(26-30)48-37-21-11-20-36(39(34)37)47-35-19-10-9-18-32(35)33-24-22-27-12-7-8-17-31(27)40(33)47/h1-26H. The van der Waals surface area contributed by atoms with Crippen LogP contribution in [0.3, 0.4) is 0 Å². The lowest BCUT2D eigenvalue weighted by atomic mass is 10.1. The summed E-state index contributed by atoms with van der Waals surface area (Å²) in [6, 6.07) is 55.6. The van der Waals surface area contributed by atoms with Crippen LogP contribution in [0.1, 0.15) is 0 Å². The van der Waals surface area contributed by atoms with Crippen molar-refractivity contribution in [1.29, 1.82) is 0 Å². The number of rotatable bonds is 4. The van der Waals surface area contributed by atoms with E-state index in [1.807, 2.05) is 72.0 Å². The molecule has 3 aromatic heterocycles. The maximum absolute atomic E-state index is 4.99. The molecule has 0 radical (unpaired) electrons. The summed E-state index contributed by atoms with van der Waals surface area (Å²) in [6.45, 7) is 0. The molecule has 7 aromatic carbocycles. The average molecular weight is 631 g/mol. The molecule has 224 valence electrons. The monoisotopic (exact) mass is 630 g/mol. The van der Waals surface area contributed by atoms with Crippen molar-refractivity contribution in [3.8, 4) is 39.9 Å². The first-order valence-electron chi connectivity index (χ1n) is 16.0. The van der Waals surface area contributed by atoms with Gasteiger partial charge in [0.2, 0.25) is 0 Å². The van der Waals surface area contributed by atoms with E-state index in [-0.39, 0.29) is 0 Å². The van der Waals surface area contributed by atoms with Crippen LogP contribution in [0.5, 0.6) is 0 Å². The summed E-state index contributed by atoms with van der Waals surface area (Å²) in [5.41, 5.74) is 6.53. The minimum absolute atomic E-state index is 0.663. The summed E-state index contributed by atoms with van der Waals surface area (Å²) < 4.78 is 4.92. The Morgan fingerprint density at radius 3 is 1.79 bits per heavy atom. The summed E-state index contributed by atoms with van der Waals surface area (Å²) in [4.78, 5) is 14.9. The van der Waals surface area contributed by atoms with E-state index in [0.717, 1.165) is 16.7 Å². The SMILES string of the molecule is c1ccc(-c2nc(-c3ccccc3)nc(-c3ccc4c(c3)sc3cccc(-n5c6ccccc6c6ccc7ccccc7c65)c34)n2)cc1. The lowest BCUT2D eigenvalue weighted by Gasteiger charge is -2.12. The van der Waals surface area contributed by atoms with Gasteiger partial charge in [0.15, 0.2) is 17.5 Å². The number of hydrogen-bond donors (Lipinski definition) is 0. The van der Waals surface area contributed by atoms with E-state index in [4.69, 9.17) is 15.0 Å². The third-order valence-corrected chi connectivity index (χ3v) is 10.4. The van der Waals surface area contributed by atoms with Crippen LogP contribution in [-0.4, -0.2) is 19.5 Å². The van der Waals surface area contributed by atoms with Crippen LogP contribution >= 0.6 is 11.3 Å². The number of thiophene rings is 1. The molecule has 0 atom stereocenters. The summed E-state index contributed by atoms with van der Waals surface area (Å²) in [5, 5.41) is 7.49. The van der Waals surface area contributed by atoms with Crippen molar-refractivity contribution < 1.29 is 0 Å². The fourth-order valence-electron chi connectivity index (χ4n) is 7.05. The van der Waals surface area contributed by atoms with Crippen LogP contribution in [0.25, 0.3) is 92.6 Å². The van der Waals surface area contributed by atoms with E-state index in [1.54, 1.807) is 0 Å². The topological polar surface area (TPSA) is 43.6 Å². The number of hydrogen-bond acceptors (Lipinski definition) is 4. The van der Waals surface area contributed by atoms with Crippen molar-refractivity contribution in [3.05, 3.63) is 158 Å². The van der Waals surface area contributed by atoms with Gasteiger partial charge in [0.05, 0.1) is 16.7 Å². The number of nitrogens with zero attached hydrogens (tertiary/aromatic N) is 4. The van der Waals surface area contributed by atoms with Crippen molar-refractivity contribution in [2.24, 2.45) is 0 Å². The summed E-state index contributed by atoms with van der Waals surface area (Å²) in [6.07, 6.45) is 0. The van der Waals surface area contributed by atoms with Crippen LogP contribution in [0.2, 0.25) is 0 Å². The summed E-state index contributed by atoms with van der Waals surface area (Å²) in [5.74, 6) is 1.99. The molecule has 0 fully saturated rings. The lowest BCUT2D eigenvalue weighted by Crippen LogP contribution is -2.00. The highest BCUT2D eigenvalue weighted by atomic mass is 32.1. The Balaban J connectivity index is 1.21. The zero-order valence-electron chi connectivity index (χ0n) is 25.7. The number of benzene rings is 7. The van der Waals surface area contributed by atoms with E-state index < -0.39 is 0 Å². The Labute approximate surface area is 280 Å². The Morgan fingerprint density at radius 2 is 1.04 bits per heavy atom.